The Hall–Kier alpha value is -3.29. The van der Waals surface area contributed by atoms with E-state index < -0.39 is 5.91 Å². The molecule has 7 heteroatoms. The molecule has 0 atom stereocenters. The van der Waals surface area contributed by atoms with Crippen molar-refractivity contribution in [3.05, 3.63) is 94.6 Å². The van der Waals surface area contributed by atoms with Gasteiger partial charge in [-0.05, 0) is 42.8 Å². The SMILES string of the molecule is Cc1ccc(Sc2ccc(C=C3C(=N)N4C(c5ccccc5)=CSC4=NC3=O)o2)cc1. The summed E-state index contributed by atoms with van der Waals surface area (Å²) < 4.78 is 5.89. The lowest BCUT2D eigenvalue weighted by Crippen LogP contribution is -2.37. The van der Waals surface area contributed by atoms with Crippen LogP contribution in [0.25, 0.3) is 11.8 Å². The minimum Gasteiger partial charge on any atom is -0.450 e. The van der Waals surface area contributed by atoms with E-state index in [1.165, 1.54) is 29.1 Å². The molecule has 0 fully saturated rings. The minimum atomic E-state index is -0.435. The molecule has 5 rings (SSSR count). The first kappa shape index (κ1) is 19.7. The second kappa shape index (κ2) is 8.09. The maximum absolute atomic E-state index is 12.6. The third-order valence-electron chi connectivity index (χ3n) is 4.81. The van der Waals surface area contributed by atoms with E-state index >= 15 is 0 Å². The van der Waals surface area contributed by atoms with Crippen LogP contribution in [0.1, 0.15) is 16.9 Å². The summed E-state index contributed by atoms with van der Waals surface area (Å²) in [5.41, 5.74) is 3.21. The van der Waals surface area contributed by atoms with Gasteiger partial charge in [0, 0.05) is 10.3 Å². The van der Waals surface area contributed by atoms with Gasteiger partial charge in [0.2, 0.25) is 0 Å². The lowest BCUT2D eigenvalue weighted by atomic mass is 10.1. The van der Waals surface area contributed by atoms with Crippen LogP contribution in [0.4, 0.5) is 0 Å². The van der Waals surface area contributed by atoms with Crippen LogP contribution < -0.4 is 0 Å². The van der Waals surface area contributed by atoms with E-state index in [-0.39, 0.29) is 11.4 Å². The number of nitrogens with one attached hydrogen (secondary N) is 1. The number of amides is 1. The van der Waals surface area contributed by atoms with Gasteiger partial charge in [-0.3, -0.25) is 15.1 Å². The molecule has 0 radical (unpaired) electrons. The van der Waals surface area contributed by atoms with E-state index in [1.807, 2.05) is 60.9 Å². The lowest BCUT2D eigenvalue weighted by molar-refractivity contribution is -0.114. The van der Waals surface area contributed by atoms with Crippen LogP contribution in [0.2, 0.25) is 0 Å². The molecule has 5 nitrogen and oxygen atoms in total. The highest BCUT2D eigenvalue weighted by molar-refractivity contribution is 8.17. The van der Waals surface area contributed by atoms with Crippen molar-refractivity contribution >= 4 is 52.2 Å². The number of carbonyl (C=O) groups excluding carboxylic acids is 1. The van der Waals surface area contributed by atoms with Crippen molar-refractivity contribution in [3.8, 4) is 0 Å². The van der Waals surface area contributed by atoms with Crippen LogP contribution in [0.15, 0.2) is 97.1 Å². The number of benzene rings is 2. The Kier molecular flexibility index (Phi) is 5.13. The van der Waals surface area contributed by atoms with Crippen molar-refractivity contribution in [2.75, 3.05) is 0 Å². The Morgan fingerprint density at radius 2 is 1.84 bits per heavy atom. The molecule has 3 aromatic rings. The summed E-state index contributed by atoms with van der Waals surface area (Å²) in [6.45, 7) is 2.05. The van der Waals surface area contributed by atoms with Crippen molar-refractivity contribution in [1.82, 2.24) is 4.90 Å². The van der Waals surface area contributed by atoms with Crippen molar-refractivity contribution < 1.29 is 9.21 Å². The van der Waals surface area contributed by atoms with Gasteiger partial charge in [-0.25, -0.2) is 0 Å². The van der Waals surface area contributed by atoms with Crippen LogP contribution >= 0.6 is 23.5 Å². The fourth-order valence-electron chi connectivity index (χ4n) is 3.25. The van der Waals surface area contributed by atoms with E-state index in [1.54, 1.807) is 17.0 Å². The van der Waals surface area contributed by atoms with Crippen LogP contribution in [-0.2, 0) is 4.79 Å². The summed E-state index contributed by atoms with van der Waals surface area (Å²) in [6, 6.07) is 21.6. The number of carbonyl (C=O) groups is 1. The number of rotatable bonds is 4. The Labute approximate surface area is 188 Å². The topological polar surface area (TPSA) is 69.7 Å². The minimum absolute atomic E-state index is 0.0965. The normalized spacial score (nSPS) is 17.1. The van der Waals surface area contributed by atoms with Crippen molar-refractivity contribution in [2.24, 2.45) is 4.99 Å². The van der Waals surface area contributed by atoms with Crippen LogP contribution in [0.3, 0.4) is 0 Å². The zero-order chi connectivity index (χ0) is 21.4. The fraction of sp³-hybridized carbons (Fsp3) is 0.0417. The predicted octanol–water partition coefficient (Wildman–Crippen LogP) is 6.04. The molecular formula is C24H17N3O2S2. The number of aliphatic imine (C=N–C) groups is 1. The number of amidine groups is 2. The van der Waals surface area contributed by atoms with Crippen LogP contribution in [0.5, 0.6) is 0 Å². The second-order valence-electron chi connectivity index (χ2n) is 7.00. The first-order valence-corrected chi connectivity index (χ1v) is 11.3. The zero-order valence-electron chi connectivity index (χ0n) is 16.5. The van der Waals surface area contributed by atoms with E-state index in [4.69, 9.17) is 9.83 Å². The third-order valence-corrected chi connectivity index (χ3v) is 6.57. The number of thioether (sulfide) groups is 1. The molecule has 0 saturated heterocycles. The van der Waals surface area contributed by atoms with Gasteiger partial charge in [0.25, 0.3) is 5.91 Å². The molecule has 31 heavy (non-hydrogen) atoms. The molecule has 0 saturated carbocycles. The Bertz CT molecular complexity index is 1270. The van der Waals surface area contributed by atoms with Gasteiger partial charge in [-0.2, -0.15) is 4.99 Å². The molecule has 1 N–H and O–H groups in total. The summed E-state index contributed by atoms with van der Waals surface area (Å²) in [6.07, 6.45) is 1.59. The number of fused-ring (bicyclic) bond motifs is 1. The number of nitrogens with zero attached hydrogens (tertiary/aromatic N) is 2. The maximum Gasteiger partial charge on any atom is 0.283 e. The predicted molar refractivity (Wildman–Crippen MR) is 126 cm³/mol. The Morgan fingerprint density at radius 1 is 1.06 bits per heavy atom. The van der Waals surface area contributed by atoms with Gasteiger partial charge >= 0.3 is 0 Å². The van der Waals surface area contributed by atoms with Gasteiger partial charge in [0.1, 0.15) is 11.6 Å². The molecule has 0 unspecified atom stereocenters. The molecule has 152 valence electrons. The summed E-state index contributed by atoms with van der Waals surface area (Å²) in [7, 11) is 0. The van der Waals surface area contributed by atoms with Gasteiger partial charge in [0.15, 0.2) is 10.3 Å². The van der Waals surface area contributed by atoms with E-state index in [0.717, 1.165) is 21.2 Å². The monoisotopic (exact) mass is 443 g/mol. The average molecular weight is 444 g/mol. The van der Waals surface area contributed by atoms with E-state index in [0.29, 0.717) is 10.9 Å². The molecule has 0 aliphatic carbocycles. The third kappa shape index (κ3) is 3.89. The summed E-state index contributed by atoms with van der Waals surface area (Å²) in [5.74, 6) is 0.174. The molecule has 1 amide bonds. The number of aryl methyl sites for hydroxylation is 1. The van der Waals surface area contributed by atoms with E-state index in [9.17, 15) is 4.79 Å². The first-order chi connectivity index (χ1) is 15.1. The second-order valence-corrected chi connectivity index (χ2v) is 8.91. The van der Waals surface area contributed by atoms with E-state index in [2.05, 4.69) is 17.1 Å². The molecule has 0 bridgehead atoms. The number of hydrogen-bond donors (Lipinski definition) is 1. The summed E-state index contributed by atoms with van der Waals surface area (Å²) in [4.78, 5) is 19.6. The standard InChI is InChI=1S/C24H17N3O2S2/c1-15-7-10-18(11-8-15)31-21-12-9-17(29-21)13-19-22(25)27-20(16-5-3-2-4-6-16)14-30-24(27)26-23(19)28/h2-14,25H,1H3. The van der Waals surface area contributed by atoms with Gasteiger partial charge in [0.05, 0.1) is 11.3 Å². The maximum atomic E-state index is 12.6. The fourth-order valence-corrected chi connectivity index (χ4v) is 4.91. The molecular weight excluding hydrogens is 426 g/mol. The number of furan rings is 1. The summed E-state index contributed by atoms with van der Waals surface area (Å²) >= 11 is 2.86. The Balaban J connectivity index is 1.41. The molecule has 3 heterocycles. The van der Waals surface area contributed by atoms with Crippen molar-refractivity contribution in [1.29, 1.82) is 5.41 Å². The molecule has 2 aliphatic heterocycles. The first-order valence-electron chi connectivity index (χ1n) is 9.59. The lowest BCUT2D eigenvalue weighted by Gasteiger charge is -2.26. The molecule has 2 aromatic carbocycles. The van der Waals surface area contributed by atoms with Gasteiger partial charge in [-0.1, -0.05) is 71.6 Å². The highest BCUT2D eigenvalue weighted by atomic mass is 32.2. The smallest absolute Gasteiger partial charge is 0.283 e. The largest absolute Gasteiger partial charge is 0.450 e. The van der Waals surface area contributed by atoms with Crippen LogP contribution in [0, 0.1) is 12.3 Å². The average Bonchev–Trinajstić information content (AvgIpc) is 3.40. The van der Waals surface area contributed by atoms with Gasteiger partial charge < -0.3 is 4.42 Å². The van der Waals surface area contributed by atoms with Crippen molar-refractivity contribution in [2.45, 2.75) is 16.9 Å². The van der Waals surface area contributed by atoms with Crippen molar-refractivity contribution in [3.63, 3.8) is 0 Å². The molecule has 1 aromatic heterocycles. The highest BCUT2D eigenvalue weighted by Gasteiger charge is 2.36. The zero-order valence-corrected chi connectivity index (χ0v) is 18.2. The number of hydrogen-bond acceptors (Lipinski definition) is 5. The molecule has 0 spiro atoms. The molecule has 2 aliphatic rings. The quantitative estimate of drug-likeness (QED) is 0.498. The highest BCUT2D eigenvalue weighted by Crippen LogP contribution is 2.37. The van der Waals surface area contributed by atoms with Crippen LogP contribution in [-0.4, -0.2) is 21.8 Å². The van der Waals surface area contributed by atoms with Gasteiger partial charge in [-0.15, -0.1) is 0 Å². The summed E-state index contributed by atoms with van der Waals surface area (Å²) in [5, 5.41) is 11.8. The Morgan fingerprint density at radius 3 is 2.61 bits per heavy atom.